The molecule has 4 amide bonds. The van der Waals surface area contributed by atoms with E-state index >= 15 is 0 Å². The van der Waals surface area contributed by atoms with Gasteiger partial charge in [-0.2, -0.15) is 0 Å². The highest BCUT2D eigenvalue weighted by Gasteiger charge is 2.49. The molecule has 1 heterocycles. The van der Waals surface area contributed by atoms with Gasteiger partial charge in [-0.1, -0.05) is 12.1 Å². The molecular formula is C21H27N3O6. The average Bonchev–Trinajstić information content (AvgIpc) is 3.51. The van der Waals surface area contributed by atoms with E-state index in [0.29, 0.717) is 23.8 Å². The number of esters is 1. The Morgan fingerprint density at radius 2 is 1.90 bits per heavy atom. The van der Waals surface area contributed by atoms with Gasteiger partial charge in [-0.3, -0.25) is 19.3 Å². The smallest absolute Gasteiger partial charge is 0.325 e. The van der Waals surface area contributed by atoms with Gasteiger partial charge in [-0.05, 0) is 50.3 Å². The van der Waals surface area contributed by atoms with E-state index in [-0.39, 0.29) is 13.2 Å². The van der Waals surface area contributed by atoms with Gasteiger partial charge in [0.15, 0.2) is 0 Å². The summed E-state index contributed by atoms with van der Waals surface area (Å²) in [5, 5.41) is 2.68. The number of carbonyl (C=O) groups excluding carboxylic acids is 4. The van der Waals surface area contributed by atoms with Crippen molar-refractivity contribution in [2.45, 2.75) is 32.2 Å². The van der Waals surface area contributed by atoms with Crippen LogP contribution >= 0.6 is 0 Å². The number of nitrogens with zero attached hydrogens (tertiary/aromatic N) is 2. The molecule has 0 aromatic heterocycles. The highest BCUT2D eigenvalue weighted by molar-refractivity contribution is 6.09. The molecule has 1 aromatic rings. The number of ether oxygens (including phenoxy) is 2. The van der Waals surface area contributed by atoms with Gasteiger partial charge in [-0.15, -0.1) is 0 Å². The molecule has 2 fully saturated rings. The minimum atomic E-state index is -1.29. The summed E-state index contributed by atoms with van der Waals surface area (Å²) in [4.78, 5) is 52.6. The van der Waals surface area contributed by atoms with Gasteiger partial charge in [0.05, 0.1) is 13.7 Å². The number of hydrogen-bond acceptors (Lipinski definition) is 6. The number of nitrogens with one attached hydrogen (secondary N) is 1. The van der Waals surface area contributed by atoms with Crippen molar-refractivity contribution in [3.63, 3.8) is 0 Å². The summed E-state index contributed by atoms with van der Waals surface area (Å²) in [6.45, 7) is 3.30. The second-order valence-electron chi connectivity index (χ2n) is 7.70. The predicted molar refractivity (Wildman–Crippen MR) is 107 cm³/mol. The fraction of sp³-hybridized carbons (Fsp3) is 0.524. The minimum Gasteiger partial charge on any atom is -0.497 e. The molecule has 1 aliphatic heterocycles. The van der Waals surface area contributed by atoms with Gasteiger partial charge in [0, 0.05) is 6.54 Å². The molecule has 1 saturated carbocycles. The van der Waals surface area contributed by atoms with Crippen LogP contribution in [-0.2, 0) is 24.7 Å². The third-order valence-electron chi connectivity index (χ3n) is 5.39. The lowest BCUT2D eigenvalue weighted by Crippen LogP contribution is -2.46. The first kappa shape index (κ1) is 21.6. The van der Waals surface area contributed by atoms with Crippen LogP contribution in [0, 0.1) is 5.92 Å². The SMILES string of the molecule is CCOC(=O)CN(CC1CC1)C(=O)CN1C(=O)NC(C)(c2ccc(OC)cc2)C1=O. The summed E-state index contributed by atoms with van der Waals surface area (Å²) in [5.74, 6) is -0.519. The number of imide groups is 1. The molecule has 0 spiro atoms. The highest BCUT2D eigenvalue weighted by atomic mass is 16.5. The van der Waals surface area contributed by atoms with Crippen LogP contribution in [0.15, 0.2) is 24.3 Å². The van der Waals surface area contributed by atoms with E-state index in [0.717, 1.165) is 17.7 Å². The normalized spacial score (nSPS) is 20.7. The summed E-state index contributed by atoms with van der Waals surface area (Å²) in [6.07, 6.45) is 1.98. The molecule has 1 saturated heterocycles. The molecule has 2 aliphatic rings. The third-order valence-corrected chi connectivity index (χ3v) is 5.39. The lowest BCUT2D eigenvalue weighted by molar-refractivity contribution is -0.149. The van der Waals surface area contributed by atoms with Crippen LogP contribution in [0.4, 0.5) is 4.79 Å². The van der Waals surface area contributed by atoms with Crippen LogP contribution in [0.3, 0.4) is 0 Å². The van der Waals surface area contributed by atoms with Crippen molar-refractivity contribution < 1.29 is 28.7 Å². The third kappa shape index (κ3) is 4.55. The zero-order valence-corrected chi connectivity index (χ0v) is 17.5. The van der Waals surface area contributed by atoms with Crippen molar-refractivity contribution in [1.82, 2.24) is 15.1 Å². The Bertz CT molecular complexity index is 836. The van der Waals surface area contributed by atoms with E-state index in [1.54, 1.807) is 38.1 Å². The molecule has 1 atom stereocenters. The topological polar surface area (TPSA) is 105 Å². The second kappa shape index (κ2) is 8.73. The van der Waals surface area contributed by atoms with Crippen molar-refractivity contribution in [3.8, 4) is 5.75 Å². The molecule has 1 unspecified atom stereocenters. The van der Waals surface area contributed by atoms with Crippen LogP contribution in [0.5, 0.6) is 5.75 Å². The van der Waals surface area contributed by atoms with Gasteiger partial charge in [0.25, 0.3) is 5.91 Å². The maximum Gasteiger partial charge on any atom is 0.325 e. The maximum absolute atomic E-state index is 13.1. The average molecular weight is 417 g/mol. The standard InChI is InChI=1S/C21H27N3O6/c1-4-30-18(26)13-23(11-14-5-6-14)17(25)12-24-19(27)21(2,22-20(24)28)15-7-9-16(29-3)10-8-15/h7-10,14H,4-6,11-13H2,1-3H3,(H,22,28). The Morgan fingerprint density at radius 1 is 1.23 bits per heavy atom. The van der Waals surface area contributed by atoms with Gasteiger partial charge in [0.2, 0.25) is 5.91 Å². The quantitative estimate of drug-likeness (QED) is 0.479. The zero-order chi connectivity index (χ0) is 21.9. The fourth-order valence-corrected chi connectivity index (χ4v) is 3.42. The summed E-state index contributed by atoms with van der Waals surface area (Å²) in [7, 11) is 1.54. The summed E-state index contributed by atoms with van der Waals surface area (Å²) in [5.41, 5.74) is -0.704. The number of methoxy groups -OCH3 is 1. The molecule has 9 nitrogen and oxygen atoms in total. The number of carbonyl (C=O) groups is 4. The molecular weight excluding hydrogens is 390 g/mol. The van der Waals surface area contributed by atoms with Gasteiger partial charge in [-0.25, -0.2) is 4.79 Å². The number of urea groups is 1. The van der Waals surface area contributed by atoms with E-state index in [9.17, 15) is 19.2 Å². The highest BCUT2D eigenvalue weighted by Crippen LogP contribution is 2.31. The van der Waals surface area contributed by atoms with Crippen molar-refractivity contribution in [3.05, 3.63) is 29.8 Å². The van der Waals surface area contributed by atoms with Crippen molar-refractivity contribution in [2.75, 3.05) is 33.4 Å². The van der Waals surface area contributed by atoms with Crippen LogP contribution < -0.4 is 10.1 Å². The monoisotopic (exact) mass is 417 g/mol. The first-order chi connectivity index (χ1) is 14.3. The Balaban J connectivity index is 1.72. The van der Waals surface area contributed by atoms with E-state index in [2.05, 4.69) is 5.32 Å². The Kier molecular flexibility index (Phi) is 6.28. The van der Waals surface area contributed by atoms with E-state index in [1.807, 2.05) is 0 Å². The molecule has 0 bridgehead atoms. The minimum absolute atomic E-state index is 0.192. The Morgan fingerprint density at radius 3 is 2.47 bits per heavy atom. The van der Waals surface area contributed by atoms with Gasteiger partial charge >= 0.3 is 12.0 Å². The molecule has 30 heavy (non-hydrogen) atoms. The lowest BCUT2D eigenvalue weighted by atomic mass is 9.92. The molecule has 1 aromatic carbocycles. The van der Waals surface area contributed by atoms with Crippen LogP contribution in [-0.4, -0.2) is 67.0 Å². The van der Waals surface area contributed by atoms with Crippen LogP contribution in [0.25, 0.3) is 0 Å². The molecule has 1 N–H and O–H groups in total. The Labute approximate surface area is 175 Å². The van der Waals surface area contributed by atoms with Gasteiger partial charge in [0.1, 0.15) is 24.4 Å². The molecule has 1 aliphatic carbocycles. The second-order valence-corrected chi connectivity index (χ2v) is 7.70. The first-order valence-electron chi connectivity index (χ1n) is 10.0. The van der Waals surface area contributed by atoms with E-state index < -0.39 is 35.9 Å². The van der Waals surface area contributed by atoms with Crippen molar-refractivity contribution >= 4 is 23.8 Å². The lowest BCUT2D eigenvalue weighted by Gasteiger charge is -2.25. The number of hydrogen-bond donors (Lipinski definition) is 1. The molecule has 162 valence electrons. The van der Waals surface area contributed by atoms with Crippen LogP contribution in [0.1, 0.15) is 32.3 Å². The number of rotatable bonds is 9. The predicted octanol–water partition coefficient (Wildman–Crippen LogP) is 1.26. The summed E-state index contributed by atoms with van der Waals surface area (Å²) in [6, 6.07) is 6.15. The first-order valence-corrected chi connectivity index (χ1v) is 10.0. The largest absolute Gasteiger partial charge is 0.497 e. The number of amides is 4. The summed E-state index contributed by atoms with van der Waals surface area (Å²) < 4.78 is 10.1. The summed E-state index contributed by atoms with van der Waals surface area (Å²) >= 11 is 0. The maximum atomic E-state index is 13.1. The number of benzene rings is 1. The fourth-order valence-electron chi connectivity index (χ4n) is 3.42. The zero-order valence-electron chi connectivity index (χ0n) is 17.5. The Hall–Kier alpha value is -3.10. The van der Waals surface area contributed by atoms with Gasteiger partial charge < -0.3 is 19.7 Å². The van der Waals surface area contributed by atoms with Crippen molar-refractivity contribution in [1.29, 1.82) is 0 Å². The molecule has 9 heteroatoms. The van der Waals surface area contributed by atoms with E-state index in [1.165, 1.54) is 12.0 Å². The molecule has 3 rings (SSSR count). The van der Waals surface area contributed by atoms with E-state index in [4.69, 9.17) is 9.47 Å². The van der Waals surface area contributed by atoms with Crippen LogP contribution in [0.2, 0.25) is 0 Å². The van der Waals surface area contributed by atoms with Crippen molar-refractivity contribution in [2.24, 2.45) is 5.92 Å². The molecule has 0 radical (unpaired) electrons.